The zero-order valence-electron chi connectivity index (χ0n) is 12.8. The van der Waals surface area contributed by atoms with Gasteiger partial charge in [0.15, 0.2) is 6.10 Å². The largest absolute Gasteiger partial charge is 0.481 e. The van der Waals surface area contributed by atoms with E-state index >= 15 is 0 Å². The number of alkyl halides is 3. The lowest BCUT2D eigenvalue weighted by atomic mass is 9.92. The second kappa shape index (κ2) is 7.02. The molecule has 11 heteroatoms. The van der Waals surface area contributed by atoms with Crippen LogP contribution >= 0.6 is 0 Å². The molecule has 0 aromatic carbocycles. The summed E-state index contributed by atoms with van der Waals surface area (Å²) in [6.07, 6.45) is -9.70. The van der Waals surface area contributed by atoms with E-state index in [-0.39, 0.29) is 4.90 Å². The van der Waals surface area contributed by atoms with E-state index in [4.69, 9.17) is 14.9 Å². The van der Waals surface area contributed by atoms with Crippen LogP contribution in [0.2, 0.25) is 0 Å². The van der Waals surface area contributed by atoms with E-state index in [0.717, 1.165) is 0 Å². The summed E-state index contributed by atoms with van der Waals surface area (Å²) in [5, 5.41) is 26.8. The first-order valence-electron chi connectivity index (χ1n) is 6.25. The van der Waals surface area contributed by atoms with Crippen LogP contribution in [0.25, 0.3) is 0 Å². The Kier molecular flexibility index (Phi) is 6.40. The molecule has 0 saturated carbocycles. The van der Waals surface area contributed by atoms with Gasteiger partial charge in [-0.1, -0.05) is 0 Å². The summed E-state index contributed by atoms with van der Waals surface area (Å²) in [5.74, 6) is -7.22. The highest BCUT2D eigenvalue weighted by Gasteiger charge is 2.56. The first kappa shape index (κ1) is 21.0. The van der Waals surface area contributed by atoms with Crippen LogP contribution in [0.15, 0.2) is 0 Å². The van der Waals surface area contributed by atoms with Crippen molar-refractivity contribution in [2.75, 3.05) is 7.05 Å². The highest BCUT2D eigenvalue weighted by atomic mass is 19.4. The predicted molar refractivity (Wildman–Crippen MR) is 68.6 cm³/mol. The van der Waals surface area contributed by atoms with Crippen LogP contribution in [0.5, 0.6) is 0 Å². The van der Waals surface area contributed by atoms with Gasteiger partial charge in [-0.05, 0) is 20.8 Å². The molecule has 3 atom stereocenters. The molecule has 0 heterocycles. The van der Waals surface area contributed by atoms with Gasteiger partial charge in [0.1, 0.15) is 17.6 Å². The summed E-state index contributed by atoms with van der Waals surface area (Å²) < 4.78 is 44.3. The van der Waals surface area contributed by atoms with Crippen molar-refractivity contribution in [1.82, 2.24) is 4.90 Å². The van der Waals surface area contributed by atoms with E-state index in [0.29, 0.717) is 7.05 Å². The van der Waals surface area contributed by atoms with Gasteiger partial charge in [-0.2, -0.15) is 13.2 Å². The number of carbonyl (C=O) groups is 3. The minimum absolute atomic E-state index is 0.0871. The third-order valence-corrected chi connectivity index (χ3v) is 2.65. The maximum absolute atomic E-state index is 13.2. The number of aliphatic carboxylic acids is 2. The number of rotatable bonds is 5. The Labute approximate surface area is 129 Å². The van der Waals surface area contributed by atoms with Crippen molar-refractivity contribution in [2.24, 2.45) is 5.92 Å². The van der Waals surface area contributed by atoms with Crippen molar-refractivity contribution in [3.05, 3.63) is 0 Å². The molecule has 0 fully saturated rings. The molecule has 0 rings (SSSR count). The van der Waals surface area contributed by atoms with Crippen LogP contribution < -0.4 is 0 Å². The lowest BCUT2D eigenvalue weighted by Gasteiger charge is -2.35. The Bertz CT molecular complexity index is 472. The highest BCUT2D eigenvalue weighted by molar-refractivity contribution is 5.83. The predicted octanol–water partition coefficient (Wildman–Crippen LogP) is 0.931. The lowest BCUT2D eigenvalue weighted by Crippen LogP contribution is -2.58. The number of amides is 1. The number of nitrogens with zero attached hydrogens (tertiary/aromatic N) is 1. The number of carboxylic acid groups (broad SMARTS) is 2. The van der Waals surface area contributed by atoms with Gasteiger partial charge in [0, 0.05) is 7.05 Å². The second-order valence-electron chi connectivity index (χ2n) is 5.72. The third kappa shape index (κ3) is 5.93. The van der Waals surface area contributed by atoms with Gasteiger partial charge in [-0.15, -0.1) is 0 Å². The van der Waals surface area contributed by atoms with E-state index in [2.05, 4.69) is 0 Å². The standard InChI is InChI=1S/C12H18F3NO7/c1-11(2,3)23-10(22)16(4)7(12(13,14)15)5(8(18)19)6(17)9(20)21/h5-7,17H,1-4H3,(H,18,19)(H,20,21)/t5-,6+,7-/m0/s1. The van der Waals surface area contributed by atoms with Gasteiger partial charge < -0.3 is 20.1 Å². The van der Waals surface area contributed by atoms with Crippen LogP contribution in [0.3, 0.4) is 0 Å². The van der Waals surface area contributed by atoms with E-state index in [9.17, 15) is 32.7 Å². The Morgan fingerprint density at radius 3 is 1.74 bits per heavy atom. The number of aliphatic hydroxyl groups excluding tert-OH is 1. The molecular formula is C12H18F3NO7. The van der Waals surface area contributed by atoms with Crippen LogP contribution in [0.1, 0.15) is 20.8 Å². The zero-order chi connectivity index (χ0) is 18.7. The van der Waals surface area contributed by atoms with Crippen molar-refractivity contribution in [3.8, 4) is 0 Å². The molecule has 134 valence electrons. The molecule has 8 nitrogen and oxygen atoms in total. The Morgan fingerprint density at radius 1 is 1.04 bits per heavy atom. The van der Waals surface area contributed by atoms with Crippen LogP contribution in [-0.2, 0) is 14.3 Å². The van der Waals surface area contributed by atoms with Gasteiger partial charge in [-0.25, -0.2) is 9.59 Å². The van der Waals surface area contributed by atoms with Gasteiger partial charge in [-0.3, -0.25) is 9.69 Å². The monoisotopic (exact) mass is 345 g/mol. The van der Waals surface area contributed by atoms with Gasteiger partial charge in [0.05, 0.1) is 0 Å². The molecule has 23 heavy (non-hydrogen) atoms. The van der Waals surface area contributed by atoms with E-state index in [1.54, 1.807) is 0 Å². The summed E-state index contributed by atoms with van der Waals surface area (Å²) >= 11 is 0. The molecule has 0 aromatic rings. The Balaban J connectivity index is 5.80. The number of carboxylic acids is 2. The second-order valence-corrected chi connectivity index (χ2v) is 5.72. The average Bonchev–Trinajstić information content (AvgIpc) is 2.29. The summed E-state index contributed by atoms with van der Waals surface area (Å²) in [7, 11) is 0.608. The molecule has 0 aliphatic heterocycles. The summed E-state index contributed by atoms with van der Waals surface area (Å²) in [5.41, 5.74) is -1.16. The average molecular weight is 345 g/mol. The zero-order valence-corrected chi connectivity index (χ0v) is 12.8. The van der Waals surface area contributed by atoms with Gasteiger partial charge >= 0.3 is 24.2 Å². The quantitative estimate of drug-likeness (QED) is 0.677. The van der Waals surface area contributed by atoms with Crippen molar-refractivity contribution < 1.29 is 47.6 Å². The first-order chi connectivity index (χ1) is 10.1. The fourth-order valence-corrected chi connectivity index (χ4v) is 1.71. The van der Waals surface area contributed by atoms with E-state index in [1.807, 2.05) is 0 Å². The number of aliphatic hydroxyl groups is 1. The molecule has 0 spiro atoms. The minimum atomic E-state index is -5.31. The van der Waals surface area contributed by atoms with Crippen LogP contribution in [-0.4, -0.2) is 69.2 Å². The lowest BCUT2D eigenvalue weighted by molar-refractivity contribution is -0.209. The molecule has 0 aliphatic carbocycles. The maximum Gasteiger partial charge on any atom is 0.410 e. The third-order valence-electron chi connectivity index (χ3n) is 2.65. The van der Waals surface area contributed by atoms with Crippen LogP contribution in [0.4, 0.5) is 18.0 Å². The molecule has 0 aliphatic rings. The molecule has 0 radical (unpaired) electrons. The van der Waals surface area contributed by atoms with Gasteiger partial charge in [0.2, 0.25) is 0 Å². The summed E-state index contributed by atoms with van der Waals surface area (Å²) in [6.45, 7) is 4.13. The number of ether oxygens (including phenoxy) is 1. The Hall–Kier alpha value is -2.04. The topological polar surface area (TPSA) is 124 Å². The normalized spacial score (nSPS) is 16.2. The summed E-state index contributed by atoms with van der Waals surface area (Å²) in [4.78, 5) is 33.4. The summed E-state index contributed by atoms with van der Waals surface area (Å²) in [6, 6.07) is -3.10. The maximum atomic E-state index is 13.2. The molecule has 1 amide bonds. The molecule has 3 N–H and O–H groups in total. The number of hydrogen-bond acceptors (Lipinski definition) is 5. The van der Waals surface area contributed by atoms with Crippen molar-refractivity contribution in [2.45, 2.75) is 44.7 Å². The molecule has 0 unspecified atom stereocenters. The molecule has 0 bridgehead atoms. The molecule has 0 aromatic heterocycles. The Morgan fingerprint density at radius 2 is 1.48 bits per heavy atom. The minimum Gasteiger partial charge on any atom is -0.481 e. The van der Waals surface area contributed by atoms with Crippen molar-refractivity contribution in [3.63, 3.8) is 0 Å². The first-order valence-corrected chi connectivity index (χ1v) is 6.25. The molecular weight excluding hydrogens is 327 g/mol. The fraction of sp³-hybridized carbons (Fsp3) is 0.750. The van der Waals surface area contributed by atoms with Crippen molar-refractivity contribution >= 4 is 18.0 Å². The number of carbonyl (C=O) groups excluding carboxylic acids is 1. The van der Waals surface area contributed by atoms with E-state index < -0.39 is 47.9 Å². The molecule has 0 saturated heterocycles. The number of halogens is 3. The number of hydrogen-bond donors (Lipinski definition) is 3. The van der Waals surface area contributed by atoms with E-state index in [1.165, 1.54) is 20.8 Å². The van der Waals surface area contributed by atoms with Crippen molar-refractivity contribution in [1.29, 1.82) is 0 Å². The smallest absolute Gasteiger partial charge is 0.410 e. The SMILES string of the molecule is CN(C(=O)OC(C)(C)C)[C@@H]([C@@H](C(=O)O)[C@@H](O)C(=O)O)C(F)(F)F. The van der Waals surface area contributed by atoms with Gasteiger partial charge in [0.25, 0.3) is 0 Å². The highest BCUT2D eigenvalue weighted by Crippen LogP contribution is 2.32. The van der Waals surface area contributed by atoms with Crippen LogP contribution in [0, 0.1) is 5.92 Å². The fourth-order valence-electron chi connectivity index (χ4n) is 1.71.